The number of aryl methyl sites for hydroxylation is 1. The van der Waals surface area contributed by atoms with E-state index in [4.69, 9.17) is 11.6 Å². The summed E-state index contributed by atoms with van der Waals surface area (Å²) >= 11 is 8.97. The van der Waals surface area contributed by atoms with Gasteiger partial charge in [0.1, 0.15) is 10.4 Å². The molecule has 0 amide bonds. The number of benzene rings is 1. The Bertz CT molecular complexity index is 523. The molecule has 0 spiro atoms. The maximum atomic E-state index is 13.2. The molecule has 0 atom stereocenters. The fourth-order valence-electron chi connectivity index (χ4n) is 1.51. The normalized spacial score (nSPS) is 10.4. The second kappa shape index (κ2) is 5.67. The van der Waals surface area contributed by atoms with Gasteiger partial charge in [0.05, 0.1) is 16.9 Å². The molecule has 0 aliphatic rings. The zero-order chi connectivity index (χ0) is 13.1. The molecule has 2 nitrogen and oxygen atoms in total. The molecule has 0 radical (unpaired) electrons. The van der Waals surface area contributed by atoms with Crippen LogP contribution in [-0.4, -0.2) is 4.98 Å². The zero-order valence-corrected chi connectivity index (χ0v) is 12.0. The van der Waals surface area contributed by atoms with Crippen molar-refractivity contribution in [1.29, 1.82) is 0 Å². The molecule has 18 heavy (non-hydrogen) atoms. The van der Waals surface area contributed by atoms with E-state index in [-0.39, 0.29) is 5.02 Å². The summed E-state index contributed by atoms with van der Waals surface area (Å²) in [7, 11) is 0. The number of aromatic nitrogens is 1. The number of hydrogen-bond donors (Lipinski definition) is 1. The lowest BCUT2D eigenvalue weighted by atomic mass is 10.2. The van der Waals surface area contributed by atoms with Crippen LogP contribution in [0, 0.1) is 12.7 Å². The minimum Gasteiger partial charge on any atom is -0.380 e. The van der Waals surface area contributed by atoms with Crippen molar-refractivity contribution in [3.63, 3.8) is 0 Å². The predicted molar refractivity (Wildman–Crippen MR) is 75.4 cm³/mol. The summed E-state index contributed by atoms with van der Waals surface area (Å²) in [5, 5.41) is 3.32. The van der Waals surface area contributed by atoms with E-state index in [9.17, 15) is 4.39 Å². The Kier molecular flexibility index (Phi) is 4.19. The number of anilines is 1. The molecule has 2 aromatic rings. The fourth-order valence-corrected chi connectivity index (χ4v) is 1.84. The van der Waals surface area contributed by atoms with Crippen LogP contribution in [0.15, 0.2) is 35.1 Å². The third-order valence-corrected chi connectivity index (χ3v) is 3.63. The van der Waals surface area contributed by atoms with Gasteiger partial charge in [0.2, 0.25) is 0 Å². The Morgan fingerprint density at radius 3 is 2.83 bits per heavy atom. The summed E-state index contributed by atoms with van der Waals surface area (Å²) in [5.74, 6) is -0.402. The van der Waals surface area contributed by atoms with Crippen LogP contribution in [0.2, 0.25) is 5.02 Å². The first-order valence-corrected chi connectivity index (χ1v) is 6.53. The van der Waals surface area contributed by atoms with Gasteiger partial charge in [0.25, 0.3) is 0 Å². The number of rotatable bonds is 3. The number of nitrogens with zero attached hydrogens (tertiary/aromatic N) is 1. The lowest BCUT2D eigenvalue weighted by Crippen LogP contribution is -2.01. The molecule has 5 heteroatoms. The second-order valence-corrected chi connectivity index (χ2v) is 5.09. The van der Waals surface area contributed by atoms with Crippen LogP contribution in [0.5, 0.6) is 0 Å². The van der Waals surface area contributed by atoms with Gasteiger partial charge in [-0.3, -0.25) is 0 Å². The Morgan fingerprint density at radius 2 is 2.17 bits per heavy atom. The van der Waals surface area contributed by atoms with Gasteiger partial charge in [-0.2, -0.15) is 0 Å². The molecule has 0 bridgehead atoms. The SMILES string of the molecule is Cc1cc(NCc2ccc(Cl)c(F)c2)cnc1Br. The van der Waals surface area contributed by atoms with Crippen molar-refractivity contribution in [3.05, 3.63) is 57.0 Å². The lowest BCUT2D eigenvalue weighted by molar-refractivity contribution is 0.626. The monoisotopic (exact) mass is 328 g/mol. The van der Waals surface area contributed by atoms with Crippen molar-refractivity contribution in [1.82, 2.24) is 4.98 Å². The van der Waals surface area contributed by atoms with Crippen LogP contribution in [0.3, 0.4) is 0 Å². The Morgan fingerprint density at radius 1 is 1.39 bits per heavy atom. The zero-order valence-electron chi connectivity index (χ0n) is 9.67. The molecule has 94 valence electrons. The molecule has 0 aliphatic carbocycles. The summed E-state index contributed by atoms with van der Waals surface area (Å²) < 4.78 is 14.1. The van der Waals surface area contributed by atoms with Crippen LogP contribution in [0.25, 0.3) is 0 Å². The van der Waals surface area contributed by atoms with Gasteiger partial charge in [-0.05, 0) is 52.2 Å². The summed E-state index contributed by atoms with van der Waals surface area (Å²) in [6.45, 7) is 2.49. The van der Waals surface area contributed by atoms with E-state index in [1.807, 2.05) is 13.0 Å². The number of nitrogens with one attached hydrogen (secondary N) is 1. The lowest BCUT2D eigenvalue weighted by Gasteiger charge is -2.08. The van der Waals surface area contributed by atoms with E-state index in [0.29, 0.717) is 6.54 Å². The third kappa shape index (κ3) is 3.21. The maximum Gasteiger partial charge on any atom is 0.142 e. The van der Waals surface area contributed by atoms with Gasteiger partial charge >= 0.3 is 0 Å². The average molecular weight is 330 g/mol. The van der Waals surface area contributed by atoms with Gasteiger partial charge in [0, 0.05) is 6.54 Å². The summed E-state index contributed by atoms with van der Waals surface area (Å²) in [5.41, 5.74) is 2.77. The van der Waals surface area contributed by atoms with E-state index in [2.05, 4.69) is 26.2 Å². The van der Waals surface area contributed by atoms with Crippen molar-refractivity contribution in [2.24, 2.45) is 0 Å². The number of hydrogen-bond acceptors (Lipinski definition) is 2. The smallest absolute Gasteiger partial charge is 0.142 e. The molecular weight excluding hydrogens is 319 g/mol. The third-order valence-electron chi connectivity index (χ3n) is 2.50. The molecule has 1 aromatic carbocycles. The van der Waals surface area contributed by atoms with E-state index < -0.39 is 5.82 Å². The molecule has 0 aliphatic heterocycles. The first-order valence-electron chi connectivity index (χ1n) is 5.36. The highest BCUT2D eigenvalue weighted by molar-refractivity contribution is 9.10. The Hall–Kier alpha value is -1.13. The minimum absolute atomic E-state index is 0.139. The molecule has 1 heterocycles. The van der Waals surface area contributed by atoms with Crippen LogP contribution >= 0.6 is 27.5 Å². The quantitative estimate of drug-likeness (QED) is 0.835. The fraction of sp³-hybridized carbons (Fsp3) is 0.154. The highest BCUT2D eigenvalue weighted by Gasteiger charge is 2.02. The molecule has 1 aromatic heterocycles. The molecule has 2 rings (SSSR count). The molecule has 0 unspecified atom stereocenters. The topological polar surface area (TPSA) is 24.9 Å². The van der Waals surface area contributed by atoms with Crippen LogP contribution in [0.1, 0.15) is 11.1 Å². The van der Waals surface area contributed by atoms with Crippen molar-refractivity contribution in [2.45, 2.75) is 13.5 Å². The predicted octanol–water partition coefficient (Wildman–Crippen LogP) is 4.56. The second-order valence-electron chi connectivity index (χ2n) is 3.93. The summed E-state index contributed by atoms with van der Waals surface area (Å²) in [4.78, 5) is 4.18. The van der Waals surface area contributed by atoms with E-state index in [0.717, 1.165) is 21.4 Å². The molecule has 0 saturated heterocycles. The summed E-state index contributed by atoms with van der Waals surface area (Å²) in [6, 6.07) is 6.74. The van der Waals surface area contributed by atoms with Crippen LogP contribution in [-0.2, 0) is 6.54 Å². The van der Waals surface area contributed by atoms with Crippen molar-refractivity contribution >= 4 is 33.2 Å². The molecule has 0 fully saturated rings. The minimum atomic E-state index is -0.402. The maximum absolute atomic E-state index is 13.2. The first-order chi connectivity index (χ1) is 8.56. The standard InChI is InChI=1S/C13H11BrClFN2/c1-8-4-10(7-18-13(8)14)17-6-9-2-3-11(15)12(16)5-9/h2-5,7,17H,6H2,1H3. The van der Waals surface area contributed by atoms with E-state index in [1.54, 1.807) is 18.3 Å². The first kappa shape index (κ1) is 13.3. The average Bonchev–Trinajstić information content (AvgIpc) is 2.35. The number of pyridine rings is 1. The Balaban J connectivity index is 2.06. The Labute approximate surface area is 118 Å². The summed E-state index contributed by atoms with van der Waals surface area (Å²) in [6.07, 6.45) is 1.73. The van der Waals surface area contributed by atoms with Crippen LogP contribution < -0.4 is 5.32 Å². The van der Waals surface area contributed by atoms with Gasteiger partial charge in [0.15, 0.2) is 0 Å². The molecule has 1 N–H and O–H groups in total. The van der Waals surface area contributed by atoms with E-state index >= 15 is 0 Å². The molecular formula is C13H11BrClFN2. The molecule has 0 saturated carbocycles. The number of halogens is 3. The van der Waals surface area contributed by atoms with Crippen molar-refractivity contribution in [3.8, 4) is 0 Å². The van der Waals surface area contributed by atoms with Crippen molar-refractivity contribution in [2.75, 3.05) is 5.32 Å². The van der Waals surface area contributed by atoms with E-state index in [1.165, 1.54) is 6.07 Å². The van der Waals surface area contributed by atoms with Gasteiger partial charge in [-0.25, -0.2) is 9.37 Å². The van der Waals surface area contributed by atoms with Crippen LogP contribution in [0.4, 0.5) is 10.1 Å². The highest BCUT2D eigenvalue weighted by atomic mass is 79.9. The van der Waals surface area contributed by atoms with Gasteiger partial charge in [-0.15, -0.1) is 0 Å². The largest absolute Gasteiger partial charge is 0.380 e. The van der Waals surface area contributed by atoms with Gasteiger partial charge < -0.3 is 5.32 Å². The highest BCUT2D eigenvalue weighted by Crippen LogP contribution is 2.19. The van der Waals surface area contributed by atoms with Crippen molar-refractivity contribution < 1.29 is 4.39 Å². The van der Waals surface area contributed by atoms with Gasteiger partial charge in [-0.1, -0.05) is 17.7 Å².